The molecule has 0 radical (unpaired) electrons. The normalized spacial score (nSPS) is 13.7. The zero-order valence-electron chi connectivity index (χ0n) is 39.2. The fraction of sp³-hybridized carbons (Fsp3) is 0.141. The third-order valence-electron chi connectivity index (χ3n) is 13.9. The first-order chi connectivity index (χ1) is 33.1. The minimum atomic E-state index is -0.705. The number of aromatic nitrogens is 3. The Hall–Kier alpha value is -7.95. The van der Waals surface area contributed by atoms with Crippen LogP contribution >= 0.6 is 0 Å². The van der Waals surface area contributed by atoms with Crippen molar-refractivity contribution in [2.24, 2.45) is 5.41 Å². The molecule has 0 aliphatic heterocycles. The van der Waals surface area contributed by atoms with Crippen LogP contribution in [0.4, 0.5) is 0 Å². The summed E-state index contributed by atoms with van der Waals surface area (Å²) in [4.78, 5) is 15.9. The van der Waals surface area contributed by atoms with E-state index in [-0.39, 0.29) is 5.41 Å². The van der Waals surface area contributed by atoms with Gasteiger partial charge in [0.1, 0.15) is 11.2 Å². The second-order valence-corrected chi connectivity index (χ2v) is 19.7. The van der Waals surface area contributed by atoms with Crippen molar-refractivity contribution in [3.63, 3.8) is 0 Å². The molecule has 7 aromatic carbocycles. The highest BCUT2D eigenvalue weighted by molar-refractivity contribution is 6.17. The summed E-state index contributed by atoms with van der Waals surface area (Å²) < 4.78 is 7.22. The largest absolute Gasteiger partial charge is 0.455 e. The summed E-state index contributed by atoms with van der Waals surface area (Å²) in [6, 6.07) is 73.7. The molecule has 0 saturated carbocycles. The topological polar surface area (TPSA) is 51.8 Å². The Bertz CT molecular complexity index is 3540. The summed E-state index contributed by atoms with van der Waals surface area (Å²) in [5, 5.41) is 4.31. The molecule has 4 nitrogen and oxygen atoms in total. The number of nitrogens with zero attached hydrogens (tertiary/aromatic N) is 3. The summed E-state index contributed by atoms with van der Waals surface area (Å²) in [6.07, 6.45) is 4.64. The molecule has 11 rings (SSSR count). The Morgan fingerprint density at radius 2 is 1.00 bits per heavy atom. The standard InChI is InChI=1S/C64H53N3O/c1-62(2,3)42-43-37-56(67-59(38-43)64(5,49-23-10-7-11-24-49)58-28-15-17-36-66-58)55-41-51(40-54-53-34-33-47-21-12-13-26-52(47)60(53)68-61(54)55)63(4,57-27-14-16-35-65-57)50-25-18-22-48(39-50)46-31-29-45(30-32-46)44-19-8-6-9-20-44/h6-41H,42H2,1-5H3. The lowest BCUT2D eigenvalue weighted by molar-refractivity contribution is 0.410. The van der Waals surface area contributed by atoms with Gasteiger partial charge in [0, 0.05) is 34.1 Å². The number of furan rings is 1. The van der Waals surface area contributed by atoms with Crippen molar-refractivity contribution in [3.05, 3.63) is 258 Å². The predicted molar refractivity (Wildman–Crippen MR) is 281 cm³/mol. The van der Waals surface area contributed by atoms with Crippen molar-refractivity contribution in [2.45, 2.75) is 51.9 Å². The highest BCUT2D eigenvalue weighted by Gasteiger charge is 2.37. The first-order valence-corrected chi connectivity index (χ1v) is 23.6. The van der Waals surface area contributed by atoms with Crippen molar-refractivity contribution in [1.29, 1.82) is 0 Å². The molecular weight excluding hydrogens is 827 g/mol. The van der Waals surface area contributed by atoms with Crippen LogP contribution in [-0.4, -0.2) is 15.0 Å². The SMILES string of the molecule is CC(C)(C)Cc1cc(-c2cc(C(C)(c3cccc(-c4ccc(-c5ccccc5)cc4)c3)c3ccccn3)cc3c2oc2c4ccccc4ccc32)nc(C(C)(c2ccccc2)c2ccccn2)c1. The van der Waals surface area contributed by atoms with Crippen LogP contribution in [0.15, 0.2) is 223 Å². The molecule has 0 spiro atoms. The third-order valence-corrected chi connectivity index (χ3v) is 13.9. The quantitative estimate of drug-likeness (QED) is 0.137. The fourth-order valence-electron chi connectivity index (χ4n) is 10.3. The summed E-state index contributed by atoms with van der Waals surface area (Å²) >= 11 is 0. The Balaban J connectivity index is 1.18. The monoisotopic (exact) mass is 879 g/mol. The fourth-order valence-corrected chi connectivity index (χ4v) is 10.3. The summed E-state index contributed by atoms with van der Waals surface area (Å²) in [5.74, 6) is 0. The maximum absolute atomic E-state index is 7.22. The van der Waals surface area contributed by atoms with Gasteiger partial charge in [-0.25, -0.2) is 0 Å². The zero-order valence-corrected chi connectivity index (χ0v) is 39.2. The molecule has 4 heterocycles. The molecule has 2 unspecified atom stereocenters. The average Bonchev–Trinajstić information content (AvgIpc) is 3.78. The van der Waals surface area contributed by atoms with E-state index < -0.39 is 10.8 Å². The van der Waals surface area contributed by atoms with Crippen LogP contribution in [0.5, 0.6) is 0 Å². The summed E-state index contributed by atoms with van der Waals surface area (Å²) in [6.45, 7) is 11.5. The molecule has 68 heavy (non-hydrogen) atoms. The van der Waals surface area contributed by atoms with Gasteiger partial charge in [0.25, 0.3) is 0 Å². The lowest BCUT2D eigenvalue weighted by Crippen LogP contribution is -2.28. The first kappa shape index (κ1) is 42.7. The lowest BCUT2D eigenvalue weighted by atomic mass is 9.72. The van der Waals surface area contributed by atoms with E-state index in [9.17, 15) is 0 Å². The van der Waals surface area contributed by atoms with E-state index in [0.717, 1.165) is 95.3 Å². The Labute approximate surface area is 399 Å². The van der Waals surface area contributed by atoms with Gasteiger partial charge in [-0.2, -0.15) is 0 Å². The van der Waals surface area contributed by atoms with Crippen molar-refractivity contribution >= 4 is 32.7 Å². The minimum absolute atomic E-state index is 0.00389. The molecule has 330 valence electrons. The molecule has 0 fully saturated rings. The third kappa shape index (κ3) is 7.66. The zero-order chi connectivity index (χ0) is 46.5. The Morgan fingerprint density at radius 1 is 0.397 bits per heavy atom. The van der Waals surface area contributed by atoms with Crippen LogP contribution in [0.2, 0.25) is 0 Å². The second-order valence-electron chi connectivity index (χ2n) is 19.7. The van der Waals surface area contributed by atoms with Crippen LogP contribution in [-0.2, 0) is 17.3 Å². The average molecular weight is 880 g/mol. The molecule has 0 aliphatic rings. The number of hydrogen-bond donors (Lipinski definition) is 0. The lowest BCUT2D eigenvalue weighted by Gasteiger charge is -2.32. The van der Waals surface area contributed by atoms with Gasteiger partial charge < -0.3 is 4.42 Å². The van der Waals surface area contributed by atoms with E-state index in [1.165, 1.54) is 16.7 Å². The molecule has 4 aromatic heterocycles. The van der Waals surface area contributed by atoms with Gasteiger partial charge in [-0.05, 0) is 136 Å². The summed E-state index contributed by atoms with van der Waals surface area (Å²) in [7, 11) is 0. The van der Waals surface area contributed by atoms with Gasteiger partial charge in [0.05, 0.1) is 33.6 Å². The van der Waals surface area contributed by atoms with E-state index in [2.05, 4.69) is 229 Å². The predicted octanol–water partition coefficient (Wildman–Crippen LogP) is 16.2. The number of benzene rings is 7. The molecule has 0 amide bonds. The van der Waals surface area contributed by atoms with Gasteiger partial charge in [0.2, 0.25) is 0 Å². The molecule has 11 aromatic rings. The molecular formula is C64H53N3O. The van der Waals surface area contributed by atoms with E-state index in [1.54, 1.807) is 0 Å². The van der Waals surface area contributed by atoms with Gasteiger partial charge in [0.15, 0.2) is 0 Å². The van der Waals surface area contributed by atoms with Gasteiger partial charge in [-0.15, -0.1) is 0 Å². The van der Waals surface area contributed by atoms with Gasteiger partial charge in [-0.3, -0.25) is 15.0 Å². The minimum Gasteiger partial charge on any atom is -0.455 e. The van der Waals surface area contributed by atoms with E-state index >= 15 is 0 Å². The van der Waals surface area contributed by atoms with Gasteiger partial charge >= 0.3 is 0 Å². The van der Waals surface area contributed by atoms with Crippen LogP contribution in [0.25, 0.3) is 66.2 Å². The Morgan fingerprint density at radius 3 is 1.69 bits per heavy atom. The van der Waals surface area contributed by atoms with Crippen LogP contribution in [0, 0.1) is 5.41 Å². The first-order valence-electron chi connectivity index (χ1n) is 23.6. The van der Waals surface area contributed by atoms with Crippen LogP contribution < -0.4 is 0 Å². The van der Waals surface area contributed by atoms with Crippen LogP contribution in [0.3, 0.4) is 0 Å². The van der Waals surface area contributed by atoms with Crippen molar-refractivity contribution in [3.8, 4) is 33.5 Å². The van der Waals surface area contributed by atoms with E-state index in [0.29, 0.717) is 0 Å². The van der Waals surface area contributed by atoms with E-state index in [1.807, 2.05) is 24.5 Å². The van der Waals surface area contributed by atoms with Crippen molar-refractivity contribution in [2.75, 3.05) is 0 Å². The molecule has 0 N–H and O–H groups in total. The van der Waals surface area contributed by atoms with E-state index in [4.69, 9.17) is 19.4 Å². The molecule has 4 heteroatoms. The smallest absolute Gasteiger partial charge is 0.144 e. The summed E-state index contributed by atoms with van der Waals surface area (Å²) in [5.41, 5.74) is 14.1. The molecule has 0 saturated heterocycles. The Kier molecular flexibility index (Phi) is 10.7. The second kappa shape index (κ2) is 17.0. The maximum Gasteiger partial charge on any atom is 0.144 e. The van der Waals surface area contributed by atoms with Crippen molar-refractivity contribution in [1.82, 2.24) is 15.0 Å². The number of rotatable bonds is 10. The van der Waals surface area contributed by atoms with Crippen molar-refractivity contribution < 1.29 is 4.42 Å². The highest BCUT2D eigenvalue weighted by atomic mass is 16.3. The molecule has 0 bridgehead atoms. The molecule has 2 atom stereocenters. The number of fused-ring (bicyclic) bond motifs is 5. The number of pyridine rings is 3. The van der Waals surface area contributed by atoms with Crippen LogP contribution in [0.1, 0.15) is 74.0 Å². The molecule has 0 aliphatic carbocycles. The number of hydrogen-bond acceptors (Lipinski definition) is 4. The van der Waals surface area contributed by atoms with Gasteiger partial charge in [-0.1, -0.05) is 166 Å². The maximum atomic E-state index is 7.22. The highest BCUT2D eigenvalue weighted by Crippen LogP contribution is 2.47.